The lowest BCUT2D eigenvalue weighted by Crippen LogP contribution is -2.29. The van der Waals surface area contributed by atoms with Crippen molar-refractivity contribution in [1.82, 2.24) is 25.1 Å². The van der Waals surface area contributed by atoms with Crippen molar-refractivity contribution < 1.29 is 9.53 Å². The lowest BCUT2D eigenvalue weighted by molar-refractivity contribution is 0.0779. The molecule has 1 aromatic heterocycles. The summed E-state index contributed by atoms with van der Waals surface area (Å²) in [5.74, 6) is -0.140. The largest absolute Gasteiger partial charge is 0.385 e. The molecule has 0 aliphatic rings. The van der Waals surface area contributed by atoms with E-state index in [1.54, 1.807) is 37.3 Å². The molecular formula is C13H16ClN5O2. The molecule has 0 atom stereocenters. The van der Waals surface area contributed by atoms with Gasteiger partial charge in [-0.3, -0.25) is 4.79 Å². The maximum Gasteiger partial charge on any atom is 0.255 e. The van der Waals surface area contributed by atoms with Gasteiger partial charge in [-0.05, 0) is 35.0 Å². The molecule has 0 fully saturated rings. The predicted octanol–water partition coefficient (Wildman–Crippen LogP) is 1.42. The highest BCUT2D eigenvalue weighted by molar-refractivity contribution is 6.31. The molecule has 1 amide bonds. The minimum atomic E-state index is -0.140. The highest BCUT2D eigenvalue weighted by Crippen LogP contribution is 2.20. The van der Waals surface area contributed by atoms with Crippen molar-refractivity contribution in [3.8, 4) is 5.69 Å². The Bertz CT molecular complexity index is 603. The third kappa shape index (κ3) is 3.77. The van der Waals surface area contributed by atoms with Crippen molar-refractivity contribution in [1.29, 1.82) is 0 Å². The second-order valence-corrected chi connectivity index (χ2v) is 4.93. The Hall–Kier alpha value is -1.99. The van der Waals surface area contributed by atoms with Crippen LogP contribution in [0.15, 0.2) is 24.5 Å². The van der Waals surface area contributed by atoms with Crippen molar-refractivity contribution in [2.45, 2.75) is 6.42 Å². The number of carbonyl (C=O) groups excluding carboxylic acids is 1. The molecular weight excluding hydrogens is 294 g/mol. The Labute approximate surface area is 127 Å². The topological polar surface area (TPSA) is 73.1 Å². The maximum absolute atomic E-state index is 12.6. The van der Waals surface area contributed by atoms with Crippen LogP contribution in [0, 0.1) is 0 Å². The van der Waals surface area contributed by atoms with Gasteiger partial charge in [0.25, 0.3) is 5.91 Å². The number of amides is 1. The van der Waals surface area contributed by atoms with Gasteiger partial charge in [-0.25, -0.2) is 0 Å². The van der Waals surface area contributed by atoms with Crippen LogP contribution in [0.5, 0.6) is 0 Å². The van der Waals surface area contributed by atoms with Gasteiger partial charge in [0.2, 0.25) is 0 Å². The van der Waals surface area contributed by atoms with Gasteiger partial charge >= 0.3 is 0 Å². The number of benzene rings is 1. The second kappa shape index (κ2) is 7.14. The molecule has 0 saturated carbocycles. The number of aromatic nitrogens is 4. The summed E-state index contributed by atoms with van der Waals surface area (Å²) in [5, 5.41) is 11.5. The van der Waals surface area contributed by atoms with Crippen molar-refractivity contribution in [3.63, 3.8) is 0 Å². The van der Waals surface area contributed by atoms with Gasteiger partial charge in [-0.2, -0.15) is 4.68 Å². The fourth-order valence-electron chi connectivity index (χ4n) is 1.90. The minimum Gasteiger partial charge on any atom is -0.385 e. The first-order chi connectivity index (χ1) is 10.1. The van der Waals surface area contributed by atoms with E-state index in [1.165, 1.54) is 11.0 Å². The number of nitrogens with zero attached hydrogens (tertiary/aromatic N) is 5. The Morgan fingerprint density at radius 1 is 1.48 bits per heavy atom. The van der Waals surface area contributed by atoms with E-state index in [0.29, 0.717) is 29.4 Å². The van der Waals surface area contributed by atoms with Crippen LogP contribution in [0.2, 0.25) is 5.02 Å². The molecule has 0 spiro atoms. The summed E-state index contributed by atoms with van der Waals surface area (Å²) in [6.07, 6.45) is 2.20. The minimum absolute atomic E-state index is 0.140. The average Bonchev–Trinajstić information content (AvgIpc) is 3.00. The summed E-state index contributed by atoms with van der Waals surface area (Å²) in [6, 6.07) is 5.03. The first-order valence-corrected chi connectivity index (χ1v) is 6.78. The zero-order valence-electron chi connectivity index (χ0n) is 11.9. The van der Waals surface area contributed by atoms with Gasteiger partial charge in [0.1, 0.15) is 6.33 Å². The predicted molar refractivity (Wildman–Crippen MR) is 77.6 cm³/mol. The second-order valence-electron chi connectivity index (χ2n) is 4.49. The molecule has 0 aliphatic carbocycles. The van der Waals surface area contributed by atoms with E-state index in [9.17, 15) is 4.79 Å². The molecule has 0 aliphatic heterocycles. The molecule has 1 aromatic carbocycles. The SMILES string of the molecule is COCCCN(C)C(=O)c1cc(Cl)ccc1-n1cnnn1. The van der Waals surface area contributed by atoms with Crippen molar-refractivity contribution in [2.75, 3.05) is 27.3 Å². The van der Waals surface area contributed by atoms with E-state index >= 15 is 0 Å². The molecule has 0 bridgehead atoms. The van der Waals surface area contributed by atoms with E-state index in [4.69, 9.17) is 16.3 Å². The zero-order chi connectivity index (χ0) is 15.2. The van der Waals surface area contributed by atoms with Crippen LogP contribution in [0.25, 0.3) is 5.69 Å². The first-order valence-electron chi connectivity index (χ1n) is 6.41. The Morgan fingerprint density at radius 3 is 2.95 bits per heavy atom. The fourth-order valence-corrected chi connectivity index (χ4v) is 2.08. The van der Waals surface area contributed by atoms with Gasteiger partial charge in [-0.1, -0.05) is 11.6 Å². The van der Waals surface area contributed by atoms with Crippen LogP contribution >= 0.6 is 11.6 Å². The molecule has 2 rings (SSSR count). The summed E-state index contributed by atoms with van der Waals surface area (Å²) < 4.78 is 6.43. The van der Waals surface area contributed by atoms with Gasteiger partial charge in [0, 0.05) is 32.3 Å². The number of rotatable bonds is 6. The highest BCUT2D eigenvalue weighted by atomic mass is 35.5. The summed E-state index contributed by atoms with van der Waals surface area (Å²) in [7, 11) is 3.37. The molecule has 0 saturated heterocycles. The lowest BCUT2D eigenvalue weighted by atomic mass is 10.1. The molecule has 8 heteroatoms. The van der Waals surface area contributed by atoms with Crippen LogP contribution in [0.3, 0.4) is 0 Å². The number of ether oxygens (including phenoxy) is 1. The van der Waals surface area contributed by atoms with Crippen LogP contribution < -0.4 is 0 Å². The third-order valence-corrected chi connectivity index (χ3v) is 3.21. The Morgan fingerprint density at radius 2 is 2.29 bits per heavy atom. The number of hydrogen-bond donors (Lipinski definition) is 0. The first kappa shape index (κ1) is 15.4. The summed E-state index contributed by atoms with van der Waals surface area (Å²) >= 11 is 6.00. The molecule has 0 radical (unpaired) electrons. The van der Waals surface area contributed by atoms with Crippen molar-refractivity contribution in [3.05, 3.63) is 35.1 Å². The quantitative estimate of drug-likeness (QED) is 0.755. The van der Waals surface area contributed by atoms with E-state index in [-0.39, 0.29) is 5.91 Å². The van der Waals surface area contributed by atoms with Gasteiger partial charge < -0.3 is 9.64 Å². The summed E-state index contributed by atoms with van der Waals surface area (Å²) in [6.45, 7) is 1.20. The molecule has 1 heterocycles. The van der Waals surface area contributed by atoms with Gasteiger partial charge in [0.05, 0.1) is 11.3 Å². The normalized spacial score (nSPS) is 10.6. The number of methoxy groups -OCH3 is 1. The monoisotopic (exact) mass is 309 g/mol. The molecule has 7 nitrogen and oxygen atoms in total. The average molecular weight is 310 g/mol. The molecule has 21 heavy (non-hydrogen) atoms. The summed E-state index contributed by atoms with van der Waals surface area (Å²) in [4.78, 5) is 14.2. The number of hydrogen-bond acceptors (Lipinski definition) is 5. The van der Waals surface area contributed by atoms with E-state index in [1.807, 2.05) is 0 Å². The van der Waals surface area contributed by atoms with Crippen LogP contribution in [0.1, 0.15) is 16.8 Å². The third-order valence-electron chi connectivity index (χ3n) is 2.97. The maximum atomic E-state index is 12.6. The van der Waals surface area contributed by atoms with E-state index < -0.39 is 0 Å². The van der Waals surface area contributed by atoms with E-state index in [2.05, 4.69) is 15.5 Å². The molecule has 0 N–H and O–H groups in total. The number of halogens is 1. The molecule has 0 unspecified atom stereocenters. The fraction of sp³-hybridized carbons (Fsp3) is 0.385. The molecule has 112 valence electrons. The Kier molecular flexibility index (Phi) is 5.24. The van der Waals surface area contributed by atoms with E-state index in [0.717, 1.165) is 6.42 Å². The van der Waals surface area contributed by atoms with Crippen LogP contribution in [0.4, 0.5) is 0 Å². The van der Waals surface area contributed by atoms with Crippen LogP contribution in [-0.4, -0.2) is 58.3 Å². The zero-order valence-corrected chi connectivity index (χ0v) is 12.6. The molecule has 2 aromatic rings. The van der Waals surface area contributed by atoms with Crippen molar-refractivity contribution in [2.24, 2.45) is 0 Å². The Balaban J connectivity index is 2.25. The smallest absolute Gasteiger partial charge is 0.255 e. The highest BCUT2D eigenvalue weighted by Gasteiger charge is 2.18. The van der Waals surface area contributed by atoms with Gasteiger partial charge in [-0.15, -0.1) is 5.10 Å². The van der Waals surface area contributed by atoms with Crippen molar-refractivity contribution >= 4 is 17.5 Å². The number of carbonyl (C=O) groups is 1. The summed E-state index contributed by atoms with van der Waals surface area (Å²) in [5.41, 5.74) is 1.04. The number of tetrazole rings is 1. The lowest BCUT2D eigenvalue weighted by Gasteiger charge is -2.18. The van der Waals surface area contributed by atoms with Gasteiger partial charge in [0.15, 0.2) is 0 Å². The standard InChI is InChI=1S/C13H16ClN5O2/c1-18(6-3-7-21-2)13(20)11-8-10(14)4-5-12(11)19-9-15-16-17-19/h4-5,8-9H,3,6-7H2,1-2H3. The van der Waals surface area contributed by atoms with Crippen LogP contribution in [-0.2, 0) is 4.74 Å².